The zero-order valence-electron chi connectivity index (χ0n) is 17.9. The summed E-state index contributed by atoms with van der Waals surface area (Å²) in [5, 5.41) is 2.59. The Morgan fingerprint density at radius 1 is 0.971 bits per heavy atom. The Kier molecular flexibility index (Phi) is 7.55. The number of hydrogen-bond acceptors (Lipinski definition) is 6. The summed E-state index contributed by atoms with van der Waals surface area (Å²) in [6.45, 7) is -0.444. The van der Waals surface area contributed by atoms with Crippen LogP contribution in [0.3, 0.4) is 0 Å². The third kappa shape index (κ3) is 5.92. The van der Waals surface area contributed by atoms with Crippen LogP contribution in [0.2, 0.25) is 10.0 Å². The van der Waals surface area contributed by atoms with Crippen molar-refractivity contribution < 1.29 is 23.9 Å². The molecule has 3 amide bonds. The van der Waals surface area contributed by atoms with Gasteiger partial charge < -0.3 is 10.1 Å². The van der Waals surface area contributed by atoms with Crippen LogP contribution in [0, 0.1) is 0 Å². The topological polar surface area (TPSA) is 92.8 Å². The Bertz CT molecular complexity index is 1360. The Hall–Kier alpha value is -3.59. The number of nitrogens with zero attached hydrogens (tertiary/aromatic N) is 1. The van der Waals surface area contributed by atoms with Gasteiger partial charge in [0.25, 0.3) is 11.1 Å². The highest BCUT2D eigenvalue weighted by Gasteiger charge is 2.36. The van der Waals surface area contributed by atoms with Gasteiger partial charge in [-0.15, -0.1) is 0 Å². The minimum Gasteiger partial charge on any atom is -0.422 e. The van der Waals surface area contributed by atoms with Gasteiger partial charge in [-0.1, -0.05) is 53.5 Å². The van der Waals surface area contributed by atoms with Crippen LogP contribution in [0.4, 0.5) is 10.5 Å². The number of nitrogens with one attached hydrogen (secondary N) is 1. The molecule has 0 atom stereocenters. The number of ether oxygens (including phenoxy) is 1. The number of anilines is 1. The first-order valence-corrected chi connectivity index (χ1v) is 11.8. The van der Waals surface area contributed by atoms with Crippen LogP contribution < -0.4 is 10.1 Å². The largest absolute Gasteiger partial charge is 0.422 e. The molecule has 1 heterocycles. The molecule has 1 aliphatic heterocycles. The zero-order chi connectivity index (χ0) is 24.9. The number of imide groups is 1. The number of amides is 3. The van der Waals surface area contributed by atoms with Crippen molar-refractivity contribution in [3.8, 4) is 5.75 Å². The Morgan fingerprint density at radius 3 is 2.43 bits per heavy atom. The molecule has 0 saturated carbocycles. The Balaban J connectivity index is 1.53. The number of rotatable bonds is 6. The number of benzene rings is 3. The molecule has 0 spiro atoms. The molecule has 1 saturated heterocycles. The molecule has 3 aromatic rings. The average molecular weight is 527 g/mol. The number of carbonyl (C=O) groups excluding carboxylic acids is 4. The summed E-state index contributed by atoms with van der Waals surface area (Å²) in [7, 11) is 0. The molecule has 1 N–H and O–H groups in total. The van der Waals surface area contributed by atoms with Gasteiger partial charge in [-0.25, -0.2) is 4.79 Å². The van der Waals surface area contributed by atoms with Gasteiger partial charge in [0.05, 0.1) is 15.5 Å². The van der Waals surface area contributed by atoms with Crippen molar-refractivity contribution in [1.82, 2.24) is 4.90 Å². The molecular formula is C25H16Cl2N2O5S. The van der Waals surface area contributed by atoms with Gasteiger partial charge in [0, 0.05) is 16.3 Å². The van der Waals surface area contributed by atoms with E-state index in [1.165, 1.54) is 30.3 Å². The van der Waals surface area contributed by atoms with E-state index in [-0.39, 0.29) is 21.2 Å². The van der Waals surface area contributed by atoms with Gasteiger partial charge in [-0.05, 0) is 60.3 Å². The quantitative estimate of drug-likeness (QED) is 0.244. The maximum absolute atomic E-state index is 12.9. The van der Waals surface area contributed by atoms with Gasteiger partial charge in [0.15, 0.2) is 0 Å². The lowest BCUT2D eigenvalue weighted by Crippen LogP contribution is -2.36. The van der Waals surface area contributed by atoms with E-state index in [1.54, 1.807) is 48.5 Å². The highest BCUT2D eigenvalue weighted by molar-refractivity contribution is 8.18. The summed E-state index contributed by atoms with van der Waals surface area (Å²) in [6, 6.07) is 19.6. The van der Waals surface area contributed by atoms with Crippen molar-refractivity contribution in [1.29, 1.82) is 0 Å². The molecule has 10 heteroatoms. The summed E-state index contributed by atoms with van der Waals surface area (Å²) in [5.74, 6) is -1.74. The first-order chi connectivity index (χ1) is 16.8. The summed E-state index contributed by atoms with van der Waals surface area (Å²) in [6.07, 6.45) is 1.39. The van der Waals surface area contributed by atoms with E-state index in [0.29, 0.717) is 28.0 Å². The molecule has 0 bridgehead atoms. The smallest absolute Gasteiger partial charge is 0.345 e. The molecule has 1 aliphatic rings. The molecule has 0 radical (unpaired) electrons. The fourth-order valence-corrected chi connectivity index (χ4v) is 4.37. The number of halogens is 2. The van der Waals surface area contributed by atoms with E-state index >= 15 is 0 Å². The van der Waals surface area contributed by atoms with Crippen LogP contribution in [0.15, 0.2) is 77.7 Å². The number of hydrogen-bond donors (Lipinski definition) is 1. The van der Waals surface area contributed by atoms with Crippen LogP contribution in [0.1, 0.15) is 15.9 Å². The Labute approximate surface area is 214 Å². The third-order valence-electron chi connectivity index (χ3n) is 4.79. The van der Waals surface area contributed by atoms with Gasteiger partial charge >= 0.3 is 5.97 Å². The van der Waals surface area contributed by atoms with Gasteiger partial charge in [-0.3, -0.25) is 19.3 Å². The maximum Gasteiger partial charge on any atom is 0.345 e. The predicted molar refractivity (Wildman–Crippen MR) is 136 cm³/mol. The molecule has 1 fully saturated rings. The summed E-state index contributed by atoms with van der Waals surface area (Å²) < 4.78 is 5.49. The minimum atomic E-state index is -0.696. The van der Waals surface area contributed by atoms with Crippen LogP contribution in [0.25, 0.3) is 6.08 Å². The molecular weight excluding hydrogens is 511 g/mol. The lowest BCUT2D eigenvalue weighted by Gasteiger charge is -2.12. The van der Waals surface area contributed by atoms with E-state index < -0.39 is 29.6 Å². The average Bonchev–Trinajstić information content (AvgIpc) is 3.09. The monoisotopic (exact) mass is 526 g/mol. The lowest BCUT2D eigenvalue weighted by atomic mass is 10.1. The SMILES string of the molecule is O=C(CN1C(=O)S/C(=C\c2cc(Cl)ccc2OC(=O)c2ccccc2Cl)C1=O)Nc1ccccc1. The van der Waals surface area contributed by atoms with Crippen LogP contribution >= 0.6 is 35.0 Å². The minimum absolute atomic E-state index is 0.0554. The van der Waals surface area contributed by atoms with E-state index in [0.717, 1.165) is 4.90 Å². The highest BCUT2D eigenvalue weighted by atomic mass is 35.5. The van der Waals surface area contributed by atoms with E-state index in [1.807, 2.05) is 0 Å². The standard InChI is InChI=1S/C25H16Cl2N2O5S/c26-16-10-11-20(34-24(32)18-8-4-5-9-19(18)27)15(12-16)13-21-23(31)29(25(33)35-21)14-22(30)28-17-6-2-1-3-7-17/h1-13H,14H2,(H,28,30)/b21-13-. The van der Waals surface area contributed by atoms with Crippen molar-refractivity contribution in [2.75, 3.05) is 11.9 Å². The second kappa shape index (κ2) is 10.8. The third-order valence-corrected chi connectivity index (χ3v) is 6.26. The van der Waals surface area contributed by atoms with Crippen LogP contribution in [-0.4, -0.2) is 34.5 Å². The first kappa shape index (κ1) is 24.5. The van der Waals surface area contributed by atoms with Crippen LogP contribution in [0.5, 0.6) is 5.75 Å². The molecule has 4 rings (SSSR count). The molecule has 7 nitrogen and oxygen atoms in total. The number of carbonyl (C=O) groups is 4. The molecule has 176 valence electrons. The van der Waals surface area contributed by atoms with E-state index in [4.69, 9.17) is 27.9 Å². The summed E-state index contributed by atoms with van der Waals surface area (Å²) in [4.78, 5) is 51.2. The number of thioether (sulfide) groups is 1. The number of esters is 1. The molecule has 0 aromatic heterocycles. The fourth-order valence-electron chi connectivity index (χ4n) is 3.15. The van der Waals surface area contributed by atoms with Crippen molar-refractivity contribution >= 4 is 69.8 Å². The highest BCUT2D eigenvalue weighted by Crippen LogP contribution is 2.35. The van der Waals surface area contributed by atoms with Crippen molar-refractivity contribution in [2.45, 2.75) is 0 Å². The summed E-state index contributed by atoms with van der Waals surface area (Å²) in [5.41, 5.74) is 1.01. The van der Waals surface area contributed by atoms with Crippen molar-refractivity contribution in [2.24, 2.45) is 0 Å². The number of para-hydroxylation sites is 1. The molecule has 3 aromatic carbocycles. The second-order valence-electron chi connectivity index (χ2n) is 7.23. The van der Waals surface area contributed by atoms with Crippen molar-refractivity contribution in [3.63, 3.8) is 0 Å². The lowest BCUT2D eigenvalue weighted by molar-refractivity contribution is -0.127. The molecule has 0 aliphatic carbocycles. The van der Waals surface area contributed by atoms with Gasteiger partial charge in [-0.2, -0.15) is 0 Å². The normalized spacial score (nSPS) is 14.3. The van der Waals surface area contributed by atoms with E-state index in [2.05, 4.69) is 5.32 Å². The second-order valence-corrected chi connectivity index (χ2v) is 9.07. The summed E-state index contributed by atoms with van der Waals surface area (Å²) >= 11 is 12.9. The maximum atomic E-state index is 12.9. The van der Waals surface area contributed by atoms with Crippen LogP contribution in [-0.2, 0) is 9.59 Å². The predicted octanol–water partition coefficient (Wildman–Crippen LogP) is 5.89. The fraction of sp³-hybridized carbons (Fsp3) is 0.0400. The first-order valence-electron chi connectivity index (χ1n) is 10.2. The Morgan fingerprint density at radius 2 is 1.69 bits per heavy atom. The zero-order valence-corrected chi connectivity index (χ0v) is 20.2. The molecule has 35 heavy (non-hydrogen) atoms. The van der Waals surface area contributed by atoms with E-state index in [9.17, 15) is 19.2 Å². The van der Waals surface area contributed by atoms with Crippen molar-refractivity contribution in [3.05, 3.63) is 98.9 Å². The molecule has 0 unspecified atom stereocenters. The van der Waals surface area contributed by atoms with Gasteiger partial charge in [0.2, 0.25) is 5.91 Å². The van der Waals surface area contributed by atoms with Gasteiger partial charge in [0.1, 0.15) is 12.3 Å².